The molecular formula is C17H16N6O6. The fraction of sp³-hybridized carbons (Fsp3) is 0.235. The lowest BCUT2D eigenvalue weighted by Crippen LogP contribution is -2.23. The van der Waals surface area contributed by atoms with E-state index in [9.17, 15) is 19.7 Å². The van der Waals surface area contributed by atoms with Crippen molar-refractivity contribution in [2.24, 2.45) is 0 Å². The Labute approximate surface area is 163 Å². The number of aromatic nitrogens is 4. The highest BCUT2D eigenvalue weighted by molar-refractivity contribution is 5.90. The third-order valence-corrected chi connectivity index (χ3v) is 3.94. The van der Waals surface area contributed by atoms with Gasteiger partial charge in [0.25, 0.3) is 0 Å². The summed E-state index contributed by atoms with van der Waals surface area (Å²) >= 11 is 0. The maximum atomic E-state index is 12.2. The normalized spacial score (nSPS) is 10.6. The SMILES string of the molecule is COC(=O)c1ccc(CNC(=O)c2nc(Cn3nc([N+](=O)[O-])cc3C)no2)cc1. The Kier molecular flexibility index (Phi) is 5.62. The van der Waals surface area contributed by atoms with Crippen molar-refractivity contribution in [1.82, 2.24) is 25.2 Å². The maximum Gasteiger partial charge on any atom is 0.390 e. The number of carbonyl (C=O) groups excluding carboxylic acids is 2. The molecule has 0 saturated heterocycles. The fourth-order valence-corrected chi connectivity index (χ4v) is 2.42. The molecule has 150 valence electrons. The molecule has 0 unspecified atom stereocenters. The Hall–Kier alpha value is -4.09. The van der Waals surface area contributed by atoms with Gasteiger partial charge in [-0.2, -0.15) is 9.67 Å². The minimum atomic E-state index is -0.601. The van der Waals surface area contributed by atoms with Crippen LogP contribution < -0.4 is 5.32 Å². The molecule has 12 heteroatoms. The second-order valence-corrected chi connectivity index (χ2v) is 5.95. The van der Waals surface area contributed by atoms with Crippen molar-refractivity contribution in [2.45, 2.75) is 20.0 Å². The first kappa shape index (κ1) is 19.7. The van der Waals surface area contributed by atoms with Gasteiger partial charge in [-0.05, 0) is 29.5 Å². The van der Waals surface area contributed by atoms with Crippen LogP contribution in [0.1, 0.15) is 38.1 Å². The Morgan fingerprint density at radius 3 is 2.66 bits per heavy atom. The molecule has 0 saturated carbocycles. The Balaban J connectivity index is 1.59. The number of nitro groups is 1. The van der Waals surface area contributed by atoms with Gasteiger partial charge < -0.3 is 24.7 Å². The average Bonchev–Trinajstić information content (AvgIpc) is 3.33. The van der Waals surface area contributed by atoms with Crippen molar-refractivity contribution < 1.29 is 23.8 Å². The zero-order valence-electron chi connectivity index (χ0n) is 15.5. The van der Waals surface area contributed by atoms with E-state index in [4.69, 9.17) is 4.52 Å². The second-order valence-electron chi connectivity index (χ2n) is 5.95. The largest absolute Gasteiger partial charge is 0.465 e. The number of benzene rings is 1. The van der Waals surface area contributed by atoms with Crippen molar-refractivity contribution in [1.29, 1.82) is 0 Å². The minimum absolute atomic E-state index is 0.0193. The highest BCUT2D eigenvalue weighted by atomic mass is 16.6. The number of carbonyl (C=O) groups is 2. The van der Waals surface area contributed by atoms with E-state index in [1.807, 2.05) is 0 Å². The summed E-state index contributed by atoms with van der Waals surface area (Å²) in [6.07, 6.45) is 0. The number of hydrogen-bond acceptors (Lipinski definition) is 9. The maximum absolute atomic E-state index is 12.2. The van der Waals surface area contributed by atoms with Gasteiger partial charge in [-0.15, -0.1) is 0 Å². The van der Waals surface area contributed by atoms with Crippen LogP contribution >= 0.6 is 0 Å². The summed E-state index contributed by atoms with van der Waals surface area (Å²) in [6.45, 7) is 1.85. The van der Waals surface area contributed by atoms with Crippen LogP contribution in [-0.2, 0) is 17.8 Å². The van der Waals surface area contributed by atoms with Crippen LogP contribution in [0.4, 0.5) is 5.82 Å². The number of nitrogens with zero attached hydrogens (tertiary/aromatic N) is 5. The molecule has 0 aliphatic carbocycles. The van der Waals surface area contributed by atoms with Crippen LogP contribution in [0.2, 0.25) is 0 Å². The lowest BCUT2D eigenvalue weighted by Gasteiger charge is -2.04. The summed E-state index contributed by atoms with van der Waals surface area (Å²) in [5, 5.41) is 20.9. The van der Waals surface area contributed by atoms with Gasteiger partial charge in [0.2, 0.25) is 0 Å². The predicted molar refractivity (Wildman–Crippen MR) is 96.0 cm³/mol. The van der Waals surface area contributed by atoms with Gasteiger partial charge in [0.1, 0.15) is 6.54 Å². The third-order valence-electron chi connectivity index (χ3n) is 3.94. The van der Waals surface area contributed by atoms with Gasteiger partial charge in [0.15, 0.2) is 5.82 Å². The lowest BCUT2D eigenvalue weighted by atomic mass is 10.1. The summed E-state index contributed by atoms with van der Waals surface area (Å²) in [4.78, 5) is 37.7. The van der Waals surface area contributed by atoms with Crippen molar-refractivity contribution in [3.63, 3.8) is 0 Å². The van der Waals surface area contributed by atoms with E-state index < -0.39 is 16.8 Å². The molecule has 1 amide bonds. The summed E-state index contributed by atoms with van der Waals surface area (Å²) in [7, 11) is 1.30. The van der Waals surface area contributed by atoms with Crippen LogP contribution in [-0.4, -0.2) is 43.8 Å². The van der Waals surface area contributed by atoms with Crippen molar-refractivity contribution in [2.75, 3.05) is 7.11 Å². The Bertz CT molecular complexity index is 1050. The predicted octanol–water partition coefficient (Wildman–Crippen LogP) is 1.25. The van der Waals surface area contributed by atoms with Gasteiger partial charge in [0.05, 0.1) is 29.5 Å². The molecule has 2 heterocycles. The molecule has 3 rings (SSSR count). The number of ether oxygens (including phenoxy) is 1. The van der Waals surface area contributed by atoms with Gasteiger partial charge in [-0.1, -0.05) is 17.3 Å². The number of aryl methyl sites for hydroxylation is 1. The van der Waals surface area contributed by atoms with Crippen LogP contribution in [0.5, 0.6) is 0 Å². The molecule has 29 heavy (non-hydrogen) atoms. The summed E-state index contributed by atoms with van der Waals surface area (Å²) in [5.74, 6) is -1.41. The first-order valence-corrected chi connectivity index (χ1v) is 8.34. The van der Waals surface area contributed by atoms with E-state index in [2.05, 4.69) is 25.3 Å². The molecule has 0 bridgehead atoms. The number of amides is 1. The number of rotatable bonds is 7. The molecule has 1 N–H and O–H groups in total. The number of nitrogens with one attached hydrogen (secondary N) is 1. The van der Waals surface area contributed by atoms with Crippen LogP contribution in [0.25, 0.3) is 0 Å². The first-order chi connectivity index (χ1) is 13.9. The highest BCUT2D eigenvalue weighted by Crippen LogP contribution is 2.12. The van der Waals surface area contributed by atoms with Crippen molar-refractivity contribution in [3.8, 4) is 0 Å². The van der Waals surface area contributed by atoms with E-state index in [0.29, 0.717) is 11.3 Å². The fourth-order valence-electron chi connectivity index (χ4n) is 2.42. The molecule has 0 aliphatic rings. The van der Waals surface area contributed by atoms with Crippen LogP contribution in [0.15, 0.2) is 34.9 Å². The third kappa shape index (κ3) is 4.61. The van der Waals surface area contributed by atoms with E-state index in [1.165, 1.54) is 17.9 Å². The van der Waals surface area contributed by atoms with E-state index in [0.717, 1.165) is 5.56 Å². The summed E-state index contributed by atoms with van der Waals surface area (Å²) in [6, 6.07) is 7.85. The molecule has 0 atom stereocenters. The van der Waals surface area contributed by atoms with Crippen LogP contribution in [0, 0.1) is 17.0 Å². The second kappa shape index (κ2) is 8.29. The van der Waals surface area contributed by atoms with E-state index >= 15 is 0 Å². The smallest absolute Gasteiger partial charge is 0.390 e. The quantitative estimate of drug-likeness (QED) is 0.350. The monoisotopic (exact) mass is 400 g/mol. The Morgan fingerprint density at radius 1 is 1.31 bits per heavy atom. The molecule has 2 aromatic heterocycles. The minimum Gasteiger partial charge on any atom is -0.465 e. The summed E-state index contributed by atoms with van der Waals surface area (Å²) < 4.78 is 10.9. The molecule has 3 aromatic rings. The molecule has 0 aliphatic heterocycles. The van der Waals surface area contributed by atoms with Crippen molar-refractivity contribution >= 4 is 17.7 Å². The lowest BCUT2D eigenvalue weighted by molar-refractivity contribution is -0.389. The van der Waals surface area contributed by atoms with E-state index in [1.54, 1.807) is 31.2 Å². The Morgan fingerprint density at radius 2 is 2.03 bits per heavy atom. The summed E-state index contributed by atoms with van der Waals surface area (Å²) in [5.41, 5.74) is 1.70. The van der Waals surface area contributed by atoms with E-state index in [-0.39, 0.29) is 30.6 Å². The number of hydrogen-bond donors (Lipinski definition) is 1. The van der Waals surface area contributed by atoms with Gasteiger partial charge >= 0.3 is 23.6 Å². The van der Waals surface area contributed by atoms with Gasteiger partial charge in [-0.25, -0.2) is 4.79 Å². The van der Waals surface area contributed by atoms with Crippen molar-refractivity contribution in [3.05, 3.63) is 69.0 Å². The zero-order valence-corrected chi connectivity index (χ0v) is 15.5. The highest BCUT2D eigenvalue weighted by Gasteiger charge is 2.19. The van der Waals surface area contributed by atoms with Gasteiger partial charge in [-0.3, -0.25) is 4.79 Å². The molecule has 0 fully saturated rings. The molecule has 1 aromatic carbocycles. The topological polar surface area (TPSA) is 155 Å². The van der Waals surface area contributed by atoms with Gasteiger partial charge in [0, 0.05) is 6.54 Å². The molecule has 0 spiro atoms. The number of methoxy groups -OCH3 is 1. The number of esters is 1. The molecular weight excluding hydrogens is 384 g/mol. The molecule has 12 nitrogen and oxygen atoms in total. The standard InChI is InChI=1S/C17H16N6O6/c1-10-7-14(23(26)27)20-22(10)9-13-19-16(29-21-13)15(24)18-8-11-3-5-12(6-4-11)17(25)28-2/h3-7H,8-9H2,1-2H3,(H,18,24). The first-order valence-electron chi connectivity index (χ1n) is 8.34. The zero-order chi connectivity index (χ0) is 21.0. The molecule has 0 radical (unpaired) electrons. The van der Waals surface area contributed by atoms with Crippen LogP contribution in [0.3, 0.4) is 0 Å². The average molecular weight is 400 g/mol.